The number of ether oxygens (including phenoxy) is 1. The van der Waals surface area contributed by atoms with Gasteiger partial charge in [-0.2, -0.15) is 0 Å². The number of benzene rings is 1. The third-order valence-corrected chi connectivity index (χ3v) is 3.47. The van der Waals surface area contributed by atoms with Gasteiger partial charge in [-0.05, 0) is 53.5 Å². The number of hydrogen-bond donors (Lipinski definition) is 1. The van der Waals surface area contributed by atoms with Crippen molar-refractivity contribution in [3.63, 3.8) is 0 Å². The normalized spacial score (nSPS) is 12.4. The standard InChI is InChI=1S/C14H16BrNO2/c1-3-17-13-5-4-10(8-12(13)15)14(16)11-6-7-18-9(11)2/h4-8,14H,3,16H2,1-2H3. The lowest BCUT2D eigenvalue weighted by atomic mass is 10.0. The molecule has 2 aromatic rings. The average Bonchev–Trinajstić information content (AvgIpc) is 2.77. The summed E-state index contributed by atoms with van der Waals surface area (Å²) >= 11 is 3.49. The highest BCUT2D eigenvalue weighted by Gasteiger charge is 2.14. The number of halogens is 1. The van der Waals surface area contributed by atoms with E-state index in [1.807, 2.05) is 38.1 Å². The van der Waals surface area contributed by atoms with Gasteiger partial charge in [0.15, 0.2) is 0 Å². The van der Waals surface area contributed by atoms with Gasteiger partial charge in [-0.25, -0.2) is 0 Å². The van der Waals surface area contributed by atoms with Gasteiger partial charge in [-0.3, -0.25) is 0 Å². The molecule has 0 aliphatic rings. The molecule has 0 amide bonds. The van der Waals surface area contributed by atoms with Crippen molar-refractivity contribution in [2.45, 2.75) is 19.9 Å². The molecule has 3 nitrogen and oxygen atoms in total. The molecule has 2 N–H and O–H groups in total. The number of hydrogen-bond acceptors (Lipinski definition) is 3. The summed E-state index contributed by atoms with van der Waals surface area (Å²) in [6.07, 6.45) is 1.66. The van der Waals surface area contributed by atoms with Crippen LogP contribution in [0.4, 0.5) is 0 Å². The predicted octanol–water partition coefficient (Wildman–Crippen LogP) is 3.80. The first-order chi connectivity index (χ1) is 8.63. The number of rotatable bonds is 4. The quantitative estimate of drug-likeness (QED) is 0.934. The molecule has 0 saturated carbocycles. The Labute approximate surface area is 115 Å². The molecular weight excluding hydrogens is 294 g/mol. The van der Waals surface area contributed by atoms with Crippen molar-refractivity contribution in [2.24, 2.45) is 5.73 Å². The topological polar surface area (TPSA) is 48.4 Å². The summed E-state index contributed by atoms with van der Waals surface area (Å²) in [6, 6.07) is 7.62. The molecule has 1 atom stereocenters. The fourth-order valence-electron chi connectivity index (χ4n) is 1.88. The van der Waals surface area contributed by atoms with Crippen LogP contribution in [0.25, 0.3) is 0 Å². The molecule has 1 heterocycles. The molecule has 2 rings (SSSR count). The van der Waals surface area contributed by atoms with Crippen LogP contribution in [0.2, 0.25) is 0 Å². The van der Waals surface area contributed by atoms with E-state index in [0.717, 1.165) is 27.1 Å². The molecule has 18 heavy (non-hydrogen) atoms. The maximum absolute atomic E-state index is 6.23. The third kappa shape index (κ3) is 2.60. The predicted molar refractivity (Wildman–Crippen MR) is 74.8 cm³/mol. The second-order valence-corrected chi connectivity index (χ2v) is 4.89. The molecule has 0 bridgehead atoms. The molecule has 0 spiro atoms. The second-order valence-electron chi connectivity index (χ2n) is 4.03. The highest BCUT2D eigenvalue weighted by Crippen LogP contribution is 2.30. The Morgan fingerprint density at radius 1 is 1.39 bits per heavy atom. The maximum atomic E-state index is 6.23. The van der Waals surface area contributed by atoms with E-state index >= 15 is 0 Å². The molecular formula is C14H16BrNO2. The summed E-state index contributed by atoms with van der Waals surface area (Å²) in [5.74, 6) is 1.69. The molecule has 0 aliphatic carbocycles. The van der Waals surface area contributed by atoms with Crippen molar-refractivity contribution in [1.29, 1.82) is 0 Å². The van der Waals surface area contributed by atoms with Crippen LogP contribution in [0.1, 0.15) is 29.9 Å². The fraction of sp³-hybridized carbons (Fsp3) is 0.286. The van der Waals surface area contributed by atoms with Crippen LogP contribution in [0, 0.1) is 6.92 Å². The lowest BCUT2D eigenvalue weighted by molar-refractivity contribution is 0.338. The van der Waals surface area contributed by atoms with Crippen molar-refractivity contribution in [2.75, 3.05) is 6.61 Å². The molecule has 0 saturated heterocycles. The van der Waals surface area contributed by atoms with E-state index < -0.39 is 0 Å². The fourth-order valence-corrected chi connectivity index (χ4v) is 2.39. The van der Waals surface area contributed by atoms with E-state index in [-0.39, 0.29) is 6.04 Å². The van der Waals surface area contributed by atoms with Crippen molar-refractivity contribution >= 4 is 15.9 Å². The molecule has 0 radical (unpaired) electrons. The van der Waals surface area contributed by atoms with Gasteiger partial charge in [-0.15, -0.1) is 0 Å². The van der Waals surface area contributed by atoms with Crippen molar-refractivity contribution in [3.05, 3.63) is 51.9 Å². The van der Waals surface area contributed by atoms with Gasteiger partial charge in [0, 0.05) is 5.56 Å². The van der Waals surface area contributed by atoms with E-state index in [2.05, 4.69) is 15.9 Å². The molecule has 0 fully saturated rings. The minimum atomic E-state index is -0.185. The number of nitrogens with two attached hydrogens (primary N) is 1. The summed E-state index contributed by atoms with van der Waals surface area (Å²) < 4.78 is 11.7. The van der Waals surface area contributed by atoms with Crippen molar-refractivity contribution < 1.29 is 9.15 Å². The van der Waals surface area contributed by atoms with Crippen LogP contribution in [0.15, 0.2) is 39.4 Å². The van der Waals surface area contributed by atoms with Crippen LogP contribution in [-0.2, 0) is 0 Å². The smallest absolute Gasteiger partial charge is 0.133 e. The van der Waals surface area contributed by atoms with Gasteiger partial charge in [0.2, 0.25) is 0 Å². The summed E-state index contributed by atoms with van der Waals surface area (Å²) in [4.78, 5) is 0. The highest BCUT2D eigenvalue weighted by atomic mass is 79.9. The largest absolute Gasteiger partial charge is 0.493 e. The van der Waals surface area contributed by atoms with Crippen LogP contribution >= 0.6 is 15.9 Å². The lowest BCUT2D eigenvalue weighted by Crippen LogP contribution is -2.12. The average molecular weight is 310 g/mol. The lowest BCUT2D eigenvalue weighted by Gasteiger charge is -2.13. The molecule has 0 aliphatic heterocycles. The summed E-state index contributed by atoms with van der Waals surface area (Å²) in [7, 11) is 0. The Bertz CT molecular complexity index is 536. The zero-order chi connectivity index (χ0) is 13.1. The summed E-state index contributed by atoms with van der Waals surface area (Å²) in [5.41, 5.74) is 8.26. The Morgan fingerprint density at radius 2 is 2.17 bits per heavy atom. The number of furan rings is 1. The molecule has 1 aromatic heterocycles. The van der Waals surface area contributed by atoms with Crippen molar-refractivity contribution in [1.82, 2.24) is 0 Å². The minimum Gasteiger partial charge on any atom is -0.493 e. The first kappa shape index (κ1) is 13.2. The number of aryl methyl sites for hydroxylation is 1. The zero-order valence-electron chi connectivity index (χ0n) is 10.4. The van der Waals surface area contributed by atoms with Crippen LogP contribution in [0.3, 0.4) is 0 Å². The third-order valence-electron chi connectivity index (χ3n) is 2.85. The zero-order valence-corrected chi connectivity index (χ0v) is 12.0. The van der Waals surface area contributed by atoms with E-state index in [1.165, 1.54) is 0 Å². The Hall–Kier alpha value is -1.26. The SMILES string of the molecule is CCOc1ccc(C(N)c2ccoc2C)cc1Br. The monoisotopic (exact) mass is 309 g/mol. The van der Waals surface area contributed by atoms with Crippen molar-refractivity contribution in [3.8, 4) is 5.75 Å². The highest BCUT2D eigenvalue weighted by molar-refractivity contribution is 9.10. The van der Waals surface area contributed by atoms with E-state index in [1.54, 1.807) is 6.26 Å². The molecule has 96 valence electrons. The maximum Gasteiger partial charge on any atom is 0.133 e. The van der Waals surface area contributed by atoms with Gasteiger partial charge >= 0.3 is 0 Å². The second kappa shape index (κ2) is 5.59. The summed E-state index contributed by atoms with van der Waals surface area (Å²) in [5, 5.41) is 0. The van der Waals surface area contributed by atoms with Gasteiger partial charge in [-0.1, -0.05) is 6.07 Å². The van der Waals surface area contributed by atoms with E-state index in [9.17, 15) is 0 Å². The first-order valence-electron chi connectivity index (χ1n) is 5.85. The van der Waals surface area contributed by atoms with Crippen LogP contribution < -0.4 is 10.5 Å². The molecule has 1 unspecified atom stereocenters. The van der Waals surface area contributed by atoms with Gasteiger partial charge < -0.3 is 14.9 Å². The first-order valence-corrected chi connectivity index (χ1v) is 6.64. The van der Waals surface area contributed by atoms with Gasteiger partial charge in [0.05, 0.1) is 23.4 Å². The Balaban J connectivity index is 2.29. The van der Waals surface area contributed by atoms with Gasteiger partial charge in [0.1, 0.15) is 11.5 Å². The molecule has 1 aromatic carbocycles. The Morgan fingerprint density at radius 3 is 2.72 bits per heavy atom. The minimum absolute atomic E-state index is 0.185. The van der Waals surface area contributed by atoms with E-state index in [0.29, 0.717) is 6.61 Å². The van der Waals surface area contributed by atoms with Crippen LogP contribution in [-0.4, -0.2) is 6.61 Å². The van der Waals surface area contributed by atoms with Gasteiger partial charge in [0.25, 0.3) is 0 Å². The van der Waals surface area contributed by atoms with Crippen LogP contribution in [0.5, 0.6) is 5.75 Å². The molecule has 4 heteroatoms. The summed E-state index contributed by atoms with van der Waals surface area (Å²) in [6.45, 7) is 4.52. The Kier molecular flexibility index (Phi) is 4.09. The van der Waals surface area contributed by atoms with E-state index in [4.69, 9.17) is 14.9 Å².